The number of hydrogen-bond acceptors (Lipinski definition) is 5. The van der Waals surface area contributed by atoms with Gasteiger partial charge in [-0.15, -0.1) is 5.10 Å². The van der Waals surface area contributed by atoms with Crippen LogP contribution in [-0.2, 0) is 0 Å². The number of benzene rings is 2. The lowest BCUT2D eigenvalue weighted by Gasteiger charge is -2.10. The van der Waals surface area contributed by atoms with Crippen molar-refractivity contribution in [2.24, 2.45) is 0 Å². The maximum absolute atomic E-state index is 12.5. The van der Waals surface area contributed by atoms with Crippen molar-refractivity contribution in [3.8, 4) is 5.69 Å². The largest absolute Gasteiger partial charge is 0.293 e. The number of halogens is 1. The Kier molecular flexibility index (Phi) is 4.88. The average Bonchev–Trinajstić information content (AvgIpc) is 3.03. The Labute approximate surface area is 146 Å². The van der Waals surface area contributed by atoms with Crippen LogP contribution < -0.4 is 0 Å². The molecule has 1 unspecified atom stereocenters. The number of hydrogen-bond donors (Lipinski definition) is 0. The lowest BCUT2D eigenvalue weighted by molar-refractivity contribution is 0.0994. The molecule has 0 aliphatic carbocycles. The summed E-state index contributed by atoms with van der Waals surface area (Å²) in [5.41, 5.74) is 1.54. The Bertz CT molecular complexity index is 804. The summed E-state index contributed by atoms with van der Waals surface area (Å²) in [5.74, 6) is 0.0564. The van der Waals surface area contributed by atoms with Crippen LogP contribution in [0.3, 0.4) is 0 Å². The summed E-state index contributed by atoms with van der Waals surface area (Å²) < 4.78 is 2.61. The van der Waals surface area contributed by atoms with Crippen LogP contribution in [0.4, 0.5) is 0 Å². The highest BCUT2D eigenvalue weighted by atomic mass is 79.9. The van der Waals surface area contributed by atoms with Crippen LogP contribution in [0.25, 0.3) is 5.69 Å². The topological polar surface area (TPSA) is 60.7 Å². The van der Waals surface area contributed by atoms with Gasteiger partial charge in [0.05, 0.1) is 10.9 Å². The molecule has 1 aromatic heterocycles. The maximum Gasteiger partial charge on any atom is 0.214 e. The van der Waals surface area contributed by atoms with Gasteiger partial charge < -0.3 is 0 Å². The van der Waals surface area contributed by atoms with Gasteiger partial charge in [0.25, 0.3) is 0 Å². The van der Waals surface area contributed by atoms with Crippen LogP contribution in [0, 0.1) is 0 Å². The zero-order valence-corrected chi connectivity index (χ0v) is 14.7. The van der Waals surface area contributed by atoms with Crippen molar-refractivity contribution in [3.05, 3.63) is 64.6 Å². The number of thioether (sulfide) groups is 1. The molecule has 0 saturated carbocycles. The minimum Gasteiger partial charge on any atom is -0.293 e. The molecule has 0 fully saturated rings. The first-order valence-electron chi connectivity index (χ1n) is 6.95. The second kappa shape index (κ2) is 7.06. The predicted octanol–water partition coefficient (Wildman–Crippen LogP) is 3.79. The van der Waals surface area contributed by atoms with E-state index in [1.54, 1.807) is 4.68 Å². The zero-order valence-electron chi connectivity index (χ0n) is 12.3. The summed E-state index contributed by atoms with van der Waals surface area (Å²) in [7, 11) is 0. The van der Waals surface area contributed by atoms with Gasteiger partial charge in [0.2, 0.25) is 5.16 Å². The van der Waals surface area contributed by atoms with Gasteiger partial charge in [-0.2, -0.15) is 4.68 Å². The highest BCUT2D eigenvalue weighted by Gasteiger charge is 2.20. The standard InChI is InChI=1S/C16H13BrN4OS/c1-11(15(22)12-5-3-2-4-6-12)23-16-18-19-20-21(16)14-9-7-13(17)8-10-14/h2-11H,1H3. The van der Waals surface area contributed by atoms with Gasteiger partial charge in [-0.05, 0) is 41.6 Å². The molecule has 0 amide bonds. The molecule has 7 heteroatoms. The van der Waals surface area contributed by atoms with Gasteiger partial charge in [0, 0.05) is 10.0 Å². The number of tetrazole rings is 1. The van der Waals surface area contributed by atoms with Crippen LogP contribution in [0.5, 0.6) is 0 Å². The van der Waals surface area contributed by atoms with Crippen LogP contribution >= 0.6 is 27.7 Å². The molecule has 23 heavy (non-hydrogen) atoms. The number of Topliss-reactive ketones (excluding diaryl/α,β-unsaturated/α-hetero) is 1. The SMILES string of the molecule is CC(Sc1nnnn1-c1ccc(Br)cc1)C(=O)c1ccccc1. The molecule has 0 spiro atoms. The van der Waals surface area contributed by atoms with E-state index in [1.165, 1.54) is 11.8 Å². The lowest BCUT2D eigenvalue weighted by Crippen LogP contribution is -2.14. The van der Waals surface area contributed by atoms with Crippen molar-refractivity contribution in [1.82, 2.24) is 20.2 Å². The fourth-order valence-electron chi connectivity index (χ4n) is 2.05. The lowest BCUT2D eigenvalue weighted by atomic mass is 10.1. The molecule has 5 nitrogen and oxygen atoms in total. The minimum atomic E-state index is -0.280. The zero-order chi connectivity index (χ0) is 16.2. The second-order valence-electron chi connectivity index (χ2n) is 4.84. The Morgan fingerprint density at radius 3 is 2.52 bits per heavy atom. The quantitative estimate of drug-likeness (QED) is 0.491. The van der Waals surface area contributed by atoms with E-state index in [1.807, 2.05) is 61.5 Å². The molecule has 3 rings (SSSR count). The van der Waals surface area contributed by atoms with Gasteiger partial charge in [0.15, 0.2) is 5.78 Å². The molecule has 1 atom stereocenters. The highest BCUT2D eigenvalue weighted by molar-refractivity contribution is 9.10. The van der Waals surface area contributed by atoms with E-state index < -0.39 is 0 Å². The number of aromatic nitrogens is 4. The fourth-order valence-corrected chi connectivity index (χ4v) is 3.19. The minimum absolute atomic E-state index is 0.0564. The molecule has 3 aromatic rings. The molecule has 0 aliphatic heterocycles. The Balaban J connectivity index is 1.80. The summed E-state index contributed by atoms with van der Waals surface area (Å²) in [6, 6.07) is 16.9. The average molecular weight is 389 g/mol. The van der Waals surface area contributed by atoms with E-state index in [2.05, 4.69) is 31.5 Å². The van der Waals surface area contributed by atoms with Gasteiger partial charge in [0.1, 0.15) is 0 Å². The van der Waals surface area contributed by atoms with Gasteiger partial charge >= 0.3 is 0 Å². The number of nitrogens with zero attached hydrogens (tertiary/aromatic N) is 4. The third-order valence-corrected chi connectivity index (χ3v) is 4.78. The Hall–Kier alpha value is -1.99. The van der Waals surface area contributed by atoms with Crippen LogP contribution in [0.1, 0.15) is 17.3 Å². The molecule has 0 N–H and O–H groups in total. The second-order valence-corrected chi connectivity index (χ2v) is 7.06. The number of ketones is 1. The van der Waals surface area contributed by atoms with Gasteiger partial charge in [-0.1, -0.05) is 58.0 Å². The summed E-state index contributed by atoms with van der Waals surface area (Å²) in [5, 5.41) is 12.1. The van der Waals surface area contributed by atoms with Crippen LogP contribution in [0.15, 0.2) is 64.2 Å². The first kappa shape index (κ1) is 15.9. The highest BCUT2D eigenvalue weighted by Crippen LogP contribution is 2.25. The van der Waals surface area contributed by atoms with Crippen molar-refractivity contribution in [1.29, 1.82) is 0 Å². The van der Waals surface area contributed by atoms with E-state index in [0.717, 1.165) is 10.2 Å². The van der Waals surface area contributed by atoms with Crippen molar-refractivity contribution in [2.45, 2.75) is 17.3 Å². The third kappa shape index (κ3) is 3.68. The molecule has 0 saturated heterocycles. The van der Waals surface area contributed by atoms with Crippen LogP contribution in [-0.4, -0.2) is 31.2 Å². The first-order valence-corrected chi connectivity index (χ1v) is 8.62. The number of carbonyl (C=O) groups is 1. The summed E-state index contributed by atoms with van der Waals surface area (Å²) >= 11 is 4.75. The molecule has 2 aromatic carbocycles. The normalized spacial score (nSPS) is 12.1. The molecule has 1 heterocycles. The fraction of sp³-hybridized carbons (Fsp3) is 0.125. The maximum atomic E-state index is 12.5. The number of rotatable bonds is 5. The molecule has 0 aliphatic rings. The molecule has 0 radical (unpaired) electrons. The van der Waals surface area contributed by atoms with Crippen molar-refractivity contribution in [3.63, 3.8) is 0 Å². The summed E-state index contributed by atoms with van der Waals surface area (Å²) in [4.78, 5) is 12.5. The van der Waals surface area contributed by atoms with Crippen LogP contribution in [0.2, 0.25) is 0 Å². The summed E-state index contributed by atoms with van der Waals surface area (Å²) in [6.45, 7) is 1.86. The molecule has 116 valence electrons. The van der Waals surface area contributed by atoms with E-state index in [-0.39, 0.29) is 11.0 Å². The first-order chi connectivity index (χ1) is 11.1. The monoisotopic (exact) mass is 388 g/mol. The number of carbonyl (C=O) groups excluding carboxylic acids is 1. The van der Waals surface area contributed by atoms with E-state index >= 15 is 0 Å². The van der Waals surface area contributed by atoms with Crippen molar-refractivity contribution in [2.75, 3.05) is 0 Å². The van der Waals surface area contributed by atoms with Crippen molar-refractivity contribution >= 4 is 33.5 Å². The molecular weight excluding hydrogens is 376 g/mol. The smallest absolute Gasteiger partial charge is 0.214 e. The third-order valence-electron chi connectivity index (χ3n) is 3.22. The van der Waals surface area contributed by atoms with Crippen molar-refractivity contribution < 1.29 is 4.79 Å². The Morgan fingerprint density at radius 2 is 1.83 bits per heavy atom. The Morgan fingerprint density at radius 1 is 1.13 bits per heavy atom. The van der Waals surface area contributed by atoms with E-state index in [4.69, 9.17) is 0 Å². The molecule has 0 bridgehead atoms. The predicted molar refractivity (Wildman–Crippen MR) is 92.9 cm³/mol. The summed E-state index contributed by atoms with van der Waals surface area (Å²) in [6.07, 6.45) is 0. The van der Waals surface area contributed by atoms with E-state index in [9.17, 15) is 4.79 Å². The molecular formula is C16H13BrN4OS. The van der Waals surface area contributed by atoms with E-state index in [0.29, 0.717) is 10.7 Å². The van der Waals surface area contributed by atoms with Gasteiger partial charge in [-0.3, -0.25) is 4.79 Å². The van der Waals surface area contributed by atoms with Gasteiger partial charge in [-0.25, -0.2) is 0 Å².